The second-order valence-corrected chi connectivity index (χ2v) is 29.0. The van der Waals surface area contributed by atoms with Gasteiger partial charge in [0.15, 0.2) is 78.6 Å². The van der Waals surface area contributed by atoms with E-state index in [9.17, 15) is 128 Å². The van der Waals surface area contributed by atoms with Gasteiger partial charge in [-0.3, -0.25) is 63.9 Å². The first-order valence-corrected chi connectivity index (χ1v) is 40.4. The molecule has 15 rings (SSSR count). The van der Waals surface area contributed by atoms with Crippen molar-refractivity contribution >= 4 is 96.7 Å². The molecule has 1 fully saturated rings. The van der Waals surface area contributed by atoms with E-state index >= 15 is 0 Å². The van der Waals surface area contributed by atoms with Crippen molar-refractivity contribution in [3.05, 3.63) is 352 Å². The second kappa shape index (κ2) is 49.1. The normalized spacial score (nSPS) is 10.8. The first-order valence-electron chi connectivity index (χ1n) is 40.4. The van der Waals surface area contributed by atoms with Gasteiger partial charge in [-0.1, -0.05) is 66.7 Å². The molecule has 141 heavy (non-hydrogen) atoms. The van der Waals surface area contributed by atoms with Gasteiger partial charge in [-0.15, -0.1) is 0 Å². The number of rotatable bonds is 25. The molecule has 0 spiro atoms. The minimum Gasteiger partial charge on any atom is -0.507 e. The summed E-state index contributed by atoms with van der Waals surface area (Å²) in [6.45, 7) is 3.08. The number of anilines is 1. The third kappa shape index (κ3) is 26.7. The molecule has 14 aromatic rings. The number of nitro benzene ring substituents is 3. The number of methoxy groups -OCH3 is 3. The standard InChI is InChI=1S/C17H18N2O4.C15H11NO6.C14H9FO4.2C14H9NO6.C14H10O4.C12H10N2O3/c1-22-15-9-13(8-14(11-20)17(15)21)12-2-3-16(18-10-12)19-4-6-23-7-5-19;1-22-15(19)10-4-2-9(3-5-10)11-6-12(8-17)14(18)13(7-11)16(20)21;15-12-6-10(5-11(7-16)13(12)17)8-1-3-9(4-2-8)14(18)19;16-7-11-5-10(6-12(13(11)17)15(20)21)8-1-3-9(4-2-8)14(18)19;16-7-11-5-10(6-12(13(11)17)15(20)21)8-2-1-3-9(4-8)14(18)19;15-8-12-7-10(4-5-13(12)16)9-2-1-3-11(6-9)14(17)18;1-17-11-3-2-9(10(6-15)12(11)16)8-4-13-7-14-5-8/h2-3,8-11,21H,4-7H2,1H3;2-8,18H,1H3;1-7,17H,(H,18,19);2*1-7,17H,(H,18,19);1-8,16H,(H,17,18);2-7,16H,1H3. The van der Waals surface area contributed by atoms with E-state index in [-0.39, 0.29) is 95.5 Å². The molecule has 0 amide bonds. The molecule has 0 atom stereocenters. The lowest BCUT2D eigenvalue weighted by molar-refractivity contribution is -0.386. The van der Waals surface area contributed by atoms with Crippen molar-refractivity contribution in [1.29, 1.82) is 0 Å². The molecule has 0 bridgehead atoms. The Morgan fingerprint density at radius 3 is 1.12 bits per heavy atom. The van der Waals surface area contributed by atoms with Crippen molar-refractivity contribution < 1.29 is 152 Å². The van der Waals surface area contributed by atoms with E-state index in [0.29, 0.717) is 124 Å². The van der Waals surface area contributed by atoms with Gasteiger partial charge in [0.25, 0.3) is 0 Å². The first-order chi connectivity index (χ1) is 67.5. The van der Waals surface area contributed by atoms with Crippen LogP contribution in [-0.4, -0.2) is 207 Å². The lowest BCUT2D eigenvalue weighted by atomic mass is 10.00. The first kappa shape index (κ1) is 105. The van der Waals surface area contributed by atoms with E-state index in [4.69, 9.17) is 34.6 Å². The molecule has 1 aliphatic heterocycles. The highest BCUT2D eigenvalue weighted by Gasteiger charge is 2.26. The SMILES string of the molecule is COC(=O)c1ccc(-c2cc(C=O)c(O)c([N+](=O)[O-])c2)cc1.COc1cc(-c2ccc(N3CCOCC3)nc2)cc(C=O)c1O.COc1ccc(-c2cncnc2)c(C=O)c1O.O=Cc1cc(-c2ccc(C(=O)O)cc2)cc(F)c1O.O=Cc1cc(-c2ccc(C(=O)O)cc2)cc([N+](=O)[O-])c1O.O=Cc1cc(-c2cccc(C(=O)O)c2)cc([N+](=O)[O-])c1O.O=Cc1cc(-c2cccc(C(=O)O)c2)ccc1O. The zero-order valence-electron chi connectivity index (χ0n) is 73.5. The molecule has 3 heterocycles. The Bertz CT molecular complexity index is 7100. The quantitative estimate of drug-likeness (QED) is 0.0110. The van der Waals surface area contributed by atoms with Gasteiger partial charge in [-0.2, -0.15) is 0 Å². The molecular weight excluding hydrogens is 1850 g/mol. The van der Waals surface area contributed by atoms with Gasteiger partial charge in [0.05, 0.1) is 116 Å². The number of carbonyl (C=O) groups excluding carboxylic acids is 8. The summed E-state index contributed by atoms with van der Waals surface area (Å²) in [6.07, 6.45) is 9.35. The van der Waals surface area contributed by atoms with Crippen molar-refractivity contribution in [3.63, 3.8) is 0 Å². The molecule has 1 saturated heterocycles. The number of aromatic carboxylic acids is 4. The van der Waals surface area contributed by atoms with Crippen LogP contribution in [-0.2, 0) is 9.47 Å². The van der Waals surface area contributed by atoms with Crippen molar-refractivity contribution in [2.75, 3.05) is 52.5 Å². The van der Waals surface area contributed by atoms with E-state index in [0.717, 1.165) is 54.3 Å². The Balaban J connectivity index is 0.000000184. The van der Waals surface area contributed by atoms with Crippen LogP contribution < -0.4 is 14.4 Å². The average molecular weight is 1920 g/mol. The molecular formula is C100H76FN7O33. The van der Waals surface area contributed by atoms with E-state index in [1.165, 1.54) is 155 Å². The number of nitro groups is 3. The number of morpholine rings is 1. The van der Waals surface area contributed by atoms with E-state index < -0.39 is 90.5 Å². The zero-order chi connectivity index (χ0) is 103. The van der Waals surface area contributed by atoms with Crippen LogP contribution in [0.25, 0.3) is 77.9 Å². The van der Waals surface area contributed by atoms with Crippen LogP contribution in [0.4, 0.5) is 27.3 Å². The summed E-state index contributed by atoms with van der Waals surface area (Å²) in [7, 11) is 4.14. The maximum atomic E-state index is 13.4. The number of phenolic OH excluding ortho intramolecular Hbond substituents is 7. The molecule has 12 aromatic carbocycles. The number of aromatic hydroxyl groups is 7. The van der Waals surface area contributed by atoms with Gasteiger partial charge in [-0.05, 0) is 206 Å². The number of aldehydes is 7. The Labute approximate surface area is 794 Å². The summed E-state index contributed by atoms with van der Waals surface area (Å²) in [5.41, 5.74) is 6.24. The fourth-order valence-electron chi connectivity index (χ4n) is 13.1. The lowest BCUT2D eigenvalue weighted by Gasteiger charge is -2.27. The molecule has 0 aliphatic carbocycles. The number of halogens is 1. The third-order valence-corrected chi connectivity index (χ3v) is 20.4. The van der Waals surface area contributed by atoms with Crippen LogP contribution in [0.1, 0.15) is 124 Å². The highest BCUT2D eigenvalue weighted by atomic mass is 19.1. The molecule has 11 N–H and O–H groups in total. The van der Waals surface area contributed by atoms with Gasteiger partial charge in [0.2, 0.25) is 17.2 Å². The summed E-state index contributed by atoms with van der Waals surface area (Å²) >= 11 is 0. The third-order valence-electron chi connectivity index (χ3n) is 20.4. The van der Waals surface area contributed by atoms with Crippen LogP contribution in [0.2, 0.25) is 0 Å². The average Bonchev–Trinajstić information content (AvgIpc) is 0.806. The molecule has 716 valence electrons. The predicted octanol–water partition coefficient (Wildman–Crippen LogP) is 16.6. The number of hydrogen-bond acceptors (Lipinski definition) is 33. The molecule has 0 unspecified atom stereocenters. The van der Waals surface area contributed by atoms with Gasteiger partial charge in [0, 0.05) is 61.0 Å². The highest BCUT2D eigenvalue weighted by Crippen LogP contribution is 2.42. The van der Waals surface area contributed by atoms with Crippen molar-refractivity contribution in [2.24, 2.45) is 0 Å². The molecule has 0 radical (unpaired) electrons. The number of pyridine rings is 1. The van der Waals surface area contributed by atoms with E-state index in [1.54, 1.807) is 79.3 Å². The number of phenols is 7. The number of esters is 1. The van der Waals surface area contributed by atoms with E-state index in [1.807, 2.05) is 12.1 Å². The van der Waals surface area contributed by atoms with E-state index in [2.05, 4.69) is 24.6 Å². The summed E-state index contributed by atoms with van der Waals surface area (Å²) < 4.78 is 33.4. The zero-order valence-corrected chi connectivity index (χ0v) is 73.5. The topological polar surface area (TPSA) is 636 Å². The number of nitrogens with zero attached hydrogens (tertiary/aromatic N) is 7. The second-order valence-electron chi connectivity index (χ2n) is 29.0. The smallest absolute Gasteiger partial charge is 0.337 e. The minimum absolute atomic E-state index is 0.0101. The highest BCUT2D eigenvalue weighted by molar-refractivity contribution is 5.97. The largest absolute Gasteiger partial charge is 0.507 e. The maximum Gasteiger partial charge on any atom is 0.337 e. The molecule has 2 aromatic heterocycles. The van der Waals surface area contributed by atoms with Crippen molar-refractivity contribution in [1.82, 2.24) is 15.0 Å². The van der Waals surface area contributed by atoms with Crippen LogP contribution in [0.5, 0.6) is 51.7 Å². The van der Waals surface area contributed by atoms with Crippen LogP contribution >= 0.6 is 0 Å². The number of aromatic nitrogens is 3. The molecule has 41 heteroatoms. The Kier molecular flexibility index (Phi) is 36.5. The lowest BCUT2D eigenvalue weighted by Crippen LogP contribution is -2.36. The Morgan fingerprint density at radius 1 is 0.362 bits per heavy atom. The molecule has 40 nitrogen and oxygen atoms in total. The fourth-order valence-corrected chi connectivity index (χ4v) is 13.1. The van der Waals surface area contributed by atoms with Gasteiger partial charge >= 0.3 is 46.9 Å². The van der Waals surface area contributed by atoms with Crippen LogP contribution in [0.3, 0.4) is 0 Å². The summed E-state index contributed by atoms with van der Waals surface area (Å²) in [5, 5.41) is 135. The van der Waals surface area contributed by atoms with Crippen molar-refractivity contribution in [2.45, 2.75) is 0 Å². The van der Waals surface area contributed by atoms with Crippen molar-refractivity contribution in [3.8, 4) is 130 Å². The number of carboxylic acid groups (broad SMARTS) is 4. The monoisotopic (exact) mass is 1920 g/mol. The number of benzene rings is 12. The summed E-state index contributed by atoms with van der Waals surface area (Å²) in [6, 6.07) is 54.3. The number of carboxylic acids is 4. The molecule has 1 aliphatic rings. The number of ether oxygens (including phenoxy) is 4. The summed E-state index contributed by atoms with van der Waals surface area (Å²) in [4.78, 5) is 176. The number of carbonyl (C=O) groups is 12. The van der Waals surface area contributed by atoms with Crippen LogP contribution in [0.15, 0.2) is 249 Å². The van der Waals surface area contributed by atoms with Gasteiger partial charge in [-0.25, -0.2) is 43.3 Å². The maximum absolute atomic E-state index is 13.4. The fraction of sp³-hybridized carbons (Fsp3) is 0.0700. The van der Waals surface area contributed by atoms with Crippen LogP contribution in [0, 0.1) is 36.2 Å². The predicted molar refractivity (Wildman–Crippen MR) is 501 cm³/mol. The minimum atomic E-state index is -1.14. The molecule has 0 saturated carbocycles. The Morgan fingerprint density at radius 2 is 0.730 bits per heavy atom. The Hall–Kier alpha value is -20.0. The van der Waals surface area contributed by atoms with Gasteiger partial charge < -0.3 is 80.0 Å². The van der Waals surface area contributed by atoms with Gasteiger partial charge in [0.1, 0.15) is 17.9 Å². The number of hydrogen-bond donors (Lipinski definition) is 11. The summed E-state index contributed by atoms with van der Waals surface area (Å²) in [5.74, 6) is -7.47.